The zero-order valence-electron chi connectivity index (χ0n) is 18.1. The highest BCUT2D eigenvalue weighted by Gasteiger charge is 2.19. The number of nitro groups is 1. The number of benzene rings is 2. The maximum absolute atomic E-state index is 12.8. The molecular weight excluding hydrogens is 426 g/mol. The molecule has 0 radical (unpaired) electrons. The molecule has 1 amide bonds. The van der Waals surface area contributed by atoms with E-state index in [-0.39, 0.29) is 23.4 Å². The Morgan fingerprint density at radius 1 is 1.09 bits per heavy atom. The highest BCUT2D eigenvalue weighted by atomic mass is 16.6. The number of carbonyl (C=O) groups excluding carboxylic acids is 2. The Kier molecular flexibility index (Phi) is 6.43. The average Bonchev–Trinajstić information content (AvgIpc) is 3.07. The lowest BCUT2D eigenvalue weighted by Crippen LogP contribution is -2.14. The van der Waals surface area contributed by atoms with Crippen LogP contribution in [0.4, 0.5) is 11.4 Å². The molecule has 4 rings (SSSR count). The molecule has 0 fully saturated rings. The number of fused-ring (bicyclic) bond motifs is 1. The molecule has 0 unspecified atom stereocenters. The number of nitrogens with zero attached hydrogens (tertiary/aromatic N) is 4. The fourth-order valence-electron chi connectivity index (χ4n) is 3.78. The SMILES string of the molecule is CCOC(=O)c1cc(C(=O)Nc2ccc(-c3nnc4n3CCCCC4)cc2)cc([N+](=O)[O-])c1. The standard InChI is InChI=1S/C23H23N5O5/c1-2-33-23(30)17-12-16(13-19(14-17)28(31)32)22(29)24-18-9-7-15(8-10-18)21-26-25-20-6-4-3-5-11-27(20)21/h7-10,12-14H,2-6,11H2,1H3,(H,24,29). The van der Waals surface area contributed by atoms with E-state index in [1.54, 1.807) is 19.1 Å². The highest BCUT2D eigenvalue weighted by molar-refractivity contribution is 6.06. The number of nitro benzene ring substituents is 1. The van der Waals surface area contributed by atoms with Gasteiger partial charge in [-0.15, -0.1) is 10.2 Å². The number of ether oxygens (including phenoxy) is 1. The van der Waals surface area contributed by atoms with Crippen molar-refractivity contribution in [2.45, 2.75) is 39.2 Å². The van der Waals surface area contributed by atoms with Gasteiger partial charge in [-0.2, -0.15) is 0 Å². The van der Waals surface area contributed by atoms with Crippen molar-refractivity contribution >= 4 is 23.3 Å². The second-order valence-electron chi connectivity index (χ2n) is 7.68. The molecule has 1 aromatic heterocycles. The first kappa shape index (κ1) is 22.1. The Hall–Kier alpha value is -4.08. The summed E-state index contributed by atoms with van der Waals surface area (Å²) in [6.45, 7) is 2.62. The monoisotopic (exact) mass is 449 g/mol. The minimum absolute atomic E-state index is 0.0147. The highest BCUT2D eigenvalue weighted by Crippen LogP contribution is 2.25. The van der Waals surface area contributed by atoms with Crippen LogP contribution in [0.3, 0.4) is 0 Å². The first-order chi connectivity index (χ1) is 16.0. The van der Waals surface area contributed by atoms with Gasteiger partial charge in [-0.05, 0) is 50.1 Å². The van der Waals surface area contributed by atoms with Crippen molar-refractivity contribution in [3.63, 3.8) is 0 Å². The van der Waals surface area contributed by atoms with E-state index in [1.807, 2.05) is 12.1 Å². The van der Waals surface area contributed by atoms with E-state index in [9.17, 15) is 19.7 Å². The third-order valence-corrected chi connectivity index (χ3v) is 5.41. The van der Waals surface area contributed by atoms with Crippen LogP contribution in [0.5, 0.6) is 0 Å². The molecule has 2 aromatic carbocycles. The summed E-state index contributed by atoms with van der Waals surface area (Å²) in [5, 5.41) is 22.6. The molecule has 0 saturated carbocycles. The Balaban J connectivity index is 1.54. The van der Waals surface area contributed by atoms with Crippen LogP contribution in [0.15, 0.2) is 42.5 Å². The number of amides is 1. The van der Waals surface area contributed by atoms with Crippen molar-refractivity contribution in [2.24, 2.45) is 0 Å². The summed E-state index contributed by atoms with van der Waals surface area (Å²) in [4.78, 5) is 35.4. The molecule has 2 heterocycles. The van der Waals surface area contributed by atoms with Crippen LogP contribution >= 0.6 is 0 Å². The number of rotatable bonds is 6. The van der Waals surface area contributed by atoms with Gasteiger partial charge in [0.05, 0.1) is 17.1 Å². The molecule has 0 spiro atoms. The molecule has 33 heavy (non-hydrogen) atoms. The summed E-state index contributed by atoms with van der Waals surface area (Å²) in [7, 11) is 0. The van der Waals surface area contributed by atoms with Crippen LogP contribution in [-0.4, -0.2) is 38.2 Å². The van der Waals surface area contributed by atoms with E-state index in [4.69, 9.17) is 4.74 Å². The number of hydrogen-bond donors (Lipinski definition) is 1. The van der Waals surface area contributed by atoms with Crippen molar-refractivity contribution in [3.8, 4) is 11.4 Å². The predicted octanol–water partition coefficient (Wildman–Crippen LogP) is 4.01. The number of non-ortho nitro benzene ring substituents is 1. The summed E-state index contributed by atoms with van der Waals surface area (Å²) < 4.78 is 7.04. The van der Waals surface area contributed by atoms with Crippen LogP contribution in [0, 0.1) is 10.1 Å². The smallest absolute Gasteiger partial charge is 0.338 e. The lowest BCUT2D eigenvalue weighted by molar-refractivity contribution is -0.384. The third kappa shape index (κ3) is 4.89. The minimum Gasteiger partial charge on any atom is -0.462 e. The molecule has 0 atom stereocenters. The fourth-order valence-corrected chi connectivity index (χ4v) is 3.78. The first-order valence-electron chi connectivity index (χ1n) is 10.8. The summed E-state index contributed by atoms with van der Waals surface area (Å²) >= 11 is 0. The molecule has 170 valence electrons. The summed E-state index contributed by atoms with van der Waals surface area (Å²) in [5.74, 6) is 0.478. The summed E-state index contributed by atoms with van der Waals surface area (Å²) in [5.41, 5.74) is 0.948. The second-order valence-corrected chi connectivity index (χ2v) is 7.68. The van der Waals surface area contributed by atoms with E-state index in [2.05, 4.69) is 20.1 Å². The third-order valence-electron chi connectivity index (χ3n) is 5.41. The molecule has 10 nitrogen and oxygen atoms in total. The molecule has 1 N–H and O–H groups in total. The van der Waals surface area contributed by atoms with Crippen molar-refractivity contribution in [3.05, 3.63) is 69.5 Å². The van der Waals surface area contributed by atoms with Gasteiger partial charge < -0.3 is 14.6 Å². The number of carbonyl (C=O) groups is 2. The van der Waals surface area contributed by atoms with E-state index in [0.29, 0.717) is 5.69 Å². The molecule has 1 aliphatic rings. The van der Waals surface area contributed by atoms with Crippen LogP contribution < -0.4 is 5.32 Å². The van der Waals surface area contributed by atoms with Crippen molar-refractivity contribution < 1.29 is 19.2 Å². The minimum atomic E-state index is -0.730. The molecule has 0 aliphatic carbocycles. The van der Waals surface area contributed by atoms with E-state index in [0.717, 1.165) is 55.2 Å². The van der Waals surface area contributed by atoms with Gasteiger partial charge in [-0.1, -0.05) is 6.42 Å². The lowest BCUT2D eigenvalue weighted by atomic mass is 10.1. The average molecular weight is 449 g/mol. The molecule has 3 aromatic rings. The van der Waals surface area contributed by atoms with Crippen LogP contribution in [0.2, 0.25) is 0 Å². The number of hydrogen-bond acceptors (Lipinski definition) is 7. The van der Waals surface area contributed by atoms with Crippen molar-refractivity contribution in [1.82, 2.24) is 14.8 Å². The normalized spacial score (nSPS) is 13.0. The number of anilines is 1. The molecule has 0 bridgehead atoms. The number of aryl methyl sites for hydroxylation is 1. The van der Waals surface area contributed by atoms with Gasteiger partial charge in [0.1, 0.15) is 5.82 Å². The van der Waals surface area contributed by atoms with E-state index in [1.165, 1.54) is 12.5 Å². The molecule has 1 aliphatic heterocycles. The van der Waals surface area contributed by atoms with Crippen molar-refractivity contribution in [1.29, 1.82) is 0 Å². The zero-order valence-corrected chi connectivity index (χ0v) is 18.1. The van der Waals surface area contributed by atoms with E-state index < -0.39 is 16.8 Å². The fraction of sp³-hybridized carbons (Fsp3) is 0.304. The van der Waals surface area contributed by atoms with Gasteiger partial charge in [-0.3, -0.25) is 14.9 Å². The summed E-state index contributed by atoms with van der Waals surface area (Å²) in [6, 6.07) is 10.6. The van der Waals surface area contributed by atoms with Gasteiger partial charge in [0.15, 0.2) is 5.82 Å². The van der Waals surface area contributed by atoms with Crippen LogP contribution in [0.1, 0.15) is 52.7 Å². The number of esters is 1. The Morgan fingerprint density at radius 3 is 2.58 bits per heavy atom. The maximum atomic E-state index is 12.8. The van der Waals surface area contributed by atoms with E-state index >= 15 is 0 Å². The second kappa shape index (κ2) is 9.60. The number of nitrogens with one attached hydrogen (secondary N) is 1. The lowest BCUT2D eigenvalue weighted by Gasteiger charge is -2.09. The van der Waals surface area contributed by atoms with Crippen LogP contribution in [0.25, 0.3) is 11.4 Å². The van der Waals surface area contributed by atoms with Gasteiger partial charge in [0, 0.05) is 41.9 Å². The summed E-state index contributed by atoms with van der Waals surface area (Å²) in [6.07, 6.45) is 4.28. The zero-order chi connectivity index (χ0) is 23.4. The van der Waals surface area contributed by atoms with Gasteiger partial charge in [-0.25, -0.2) is 4.79 Å². The largest absolute Gasteiger partial charge is 0.462 e. The number of aromatic nitrogens is 3. The maximum Gasteiger partial charge on any atom is 0.338 e. The Bertz CT molecular complexity index is 1200. The topological polar surface area (TPSA) is 129 Å². The van der Waals surface area contributed by atoms with Crippen molar-refractivity contribution in [2.75, 3.05) is 11.9 Å². The van der Waals surface area contributed by atoms with Crippen LogP contribution in [-0.2, 0) is 17.7 Å². The molecule has 0 saturated heterocycles. The quantitative estimate of drug-likeness (QED) is 0.342. The van der Waals surface area contributed by atoms with Gasteiger partial charge in [0.2, 0.25) is 0 Å². The van der Waals surface area contributed by atoms with Gasteiger partial charge in [0.25, 0.3) is 11.6 Å². The Morgan fingerprint density at radius 2 is 1.85 bits per heavy atom. The Labute approximate surface area is 189 Å². The predicted molar refractivity (Wildman–Crippen MR) is 120 cm³/mol. The first-order valence-corrected chi connectivity index (χ1v) is 10.8. The van der Waals surface area contributed by atoms with Gasteiger partial charge >= 0.3 is 5.97 Å². The molecule has 10 heteroatoms. The molecular formula is C23H23N5O5.